The predicted octanol–water partition coefficient (Wildman–Crippen LogP) is 2.15. The van der Waals surface area contributed by atoms with Gasteiger partial charge in [0.05, 0.1) is 19.3 Å². The quantitative estimate of drug-likeness (QED) is 0.210. The molecule has 0 aromatic heterocycles. The number of ether oxygens (including phenoxy) is 2. The fourth-order valence-electron chi connectivity index (χ4n) is 3.30. The van der Waals surface area contributed by atoms with Crippen LogP contribution in [0.1, 0.15) is 51.9 Å². The van der Waals surface area contributed by atoms with Gasteiger partial charge in [0, 0.05) is 45.8 Å². The van der Waals surface area contributed by atoms with Gasteiger partial charge in [-0.25, -0.2) is 0 Å². The van der Waals surface area contributed by atoms with Crippen molar-refractivity contribution < 1.29 is 14.3 Å². The summed E-state index contributed by atoms with van der Waals surface area (Å²) < 4.78 is 11.2. The van der Waals surface area contributed by atoms with E-state index < -0.39 is 0 Å². The molecule has 1 atom stereocenters. The molecule has 2 rings (SSSR count). The lowest BCUT2D eigenvalue weighted by Crippen LogP contribution is -2.39. The molecule has 158 valence electrons. The lowest BCUT2D eigenvalue weighted by atomic mass is 10.2. The van der Waals surface area contributed by atoms with Crippen molar-refractivity contribution >= 4 is 35.8 Å². The molecule has 1 unspecified atom stereocenters. The van der Waals surface area contributed by atoms with Crippen LogP contribution >= 0.6 is 24.0 Å². The standard InChI is InChI=1S/C19H36N4O3.HI/c1-2-20-19(22-11-15-25-16-17-8-6-14-26-17)21-10-7-13-23-12-5-3-4-9-18(23)24;/h17H,2-16H2,1H3,(H2,20,21,22);1H. The maximum Gasteiger partial charge on any atom is 0.222 e. The first-order chi connectivity index (χ1) is 12.8. The summed E-state index contributed by atoms with van der Waals surface area (Å²) in [7, 11) is 0. The summed E-state index contributed by atoms with van der Waals surface area (Å²) in [6.07, 6.45) is 7.48. The van der Waals surface area contributed by atoms with Gasteiger partial charge in [-0.15, -0.1) is 24.0 Å². The Labute approximate surface area is 181 Å². The van der Waals surface area contributed by atoms with E-state index in [2.05, 4.69) is 22.5 Å². The third kappa shape index (κ3) is 10.5. The number of carbonyl (C=O) groups excluding carboxylic acids is 1. The maximum atomic E-state index is 12.0. The van der Waals surface area contributed by atoms with Crippen molar-refractivity contribution in [2.45, 2.75) is 58.0 Å². The van der Waals surface area contributed by atoms with Gasteiger partial charge in [0.25, 0.3) is 0 Å². The van der Waals surface area contributed by atoms with Crippen molar-refractivity contribution in [3.8, 4) is 0 Å². The monoisotopic (exact) mass is 496 g/mol. The summed E-state index contributed by atoms with van der Waals surface area (Å²) in [4.78, 5) is 18.6. The molecule has 2 N–H and O–H groups in total. The number of carbonyl (C=O) groups is 1. The molecule has 0 aromatic rings. The largest absolute Gasteiger partial charge is 0.377 e. The van der Waals surface area contributed by atoms with Crippen LogP contribution in [0.15, 0.2) is 4.99 Å². The maximum absolute atomic E-state index is 12.0. The first kappa shape index (κ1) is 24.4. The lowest BCUT2D eigenvalue weighted by Gasteiger charge is -2.20. The van der Waals surface area contributed by atoms with Crippen molar-refractivity contribution in [1.29, 1.82) is 0 Å². The zero-order valence-electron chi connectivity index (χ0n) is 16.7. The number of halogens is 1. The van der Waals surface area contributed by atoms with E-state index in [1.807, 2.05) is 4.90 Å². The highest BCUT2D eigenvalue weighted by Gasteiger charge is 2.16. The van der Waals surface area contributed by atoms with E-state index in [0.29, 0.717) is 25.5 Å². The Morgan fingerprint density at radius 1 is 1.30 bits per heavy atom. The van der Waals surface area contributed by atoms with E-state index in [9.17, 15) is 4.79 Å². The number of hydrogen-bond donors (Lipinski definition) is 2. The fourth-order valence-corrected chi connectivity index (χ4v) is 3.30. The zero-order chi connectivity index (χ0) is 18.5. The smallest absolute Gasteiger partial charge is 0.222 e. The van der Waals surface area contributed by atoms with Gasteiger partial charge in [-0.05, 0) is 39.0 Å². The minimum Gasteiger partial charge on any atom is -0.377 e. The minimum atomic E-state index is 0. The van der Waals surface area contributed by atoms with Gasteiger partial charge < -0.3 is 25.0 Å². The van der Waals surface area contributed by atoms with E-state index >= 15 is 0 Å². The number of nitrogens with zero attached hydrogens (tertiary/aromatic N) is 2. The number of nitrogens with one attached hydrogen (secondary N) is 2. The average Bonchev–Trinajstić information content (AvgIpc) is 3.07. The van der Waals surface area contributed by atoms with Crippen molar-refractivity contribution in [1.82, 2.24) is 15.5 Å². The first-order valence-corrected chi connectivity index (χ1v) is 10.3. The molecule has 0 aromatic carbocycles. The van der Waals surface area contributed by atoms with Crippen LogP contribution in [0.5, 0.6) is 0 Å². The SMILES string of the molecule is CCNC(=NCCCN1CCCCCC1=O)NCCOCC1CCCO1.I. The van der Waals surface area contributed by atoms with Gasteiger partial charge in [-0.1, -0.05) is 6.42 Å². The molecule has 2 fully saturated rings. The Kier molecular flexibility index (Phi) is 13.9. The number of guanidine groups is 1. The fraction of sp³-hybridized carbons (Fsp3) is 0.895. The van der Waals surface area contributed by atoms with Gasteiger partial charge in [0.2, 0.25) is 5.91 Å². The van der Waals surface area contributed by atoms with E-state index in [1.165, 1.54) is 6.42 Å². The molecule has 2 aliphatic heterocycles. The summed E-state index contributed by atoms with van der Waals surface area (Å²) in [6, 6.07) is 0. The summed E-state index contributed by atoms with van der Waals surface area (Å²) in [5, 5.41) is 6.55. The Morgan fingerprint density at radius 3 is 2.96 bits per heavy atom. The van der Waals surface area contributed by atoms with Crippen molar-refractivity contribution in [3.63, 3.8) is 0 Å². The van der Waals surface area contributed by atoms with E-state index in [0.717, 1.165) is 77.4 Å². The van der Waals surface area contributed by atoms with E-state index in [4.69, 9.17) is 9.47 Å². The average molecular weight is 496 g/mol. The van der Waals surface area contributed by atoms with Crippen LogP contribution in [0, 0.1) is 0 Å². The van der Waals surface area contributed by atoms with Crippen LogP contribution in [0.25, 0.3) is 0 Å². The van der Waals surface area contributed by atoms with Crippen LogP contribution in [0.3, 0.4) is 0 Å². The number of hydrogen-bond acceptors (Lipinski definition) is 4. The molecule has 0 bridgehead atoms. The molecule has 2 heterocycles. The summed E-state index contributed by atoms with van der Waals surface area (Å²) in [6.45, 7) is 8.24. The number of likely N-dealkylation sites (tertiary alicyclic amines) is 1. The van der Waals surface area contributed by atoms with Crippen LogP contribution in [0.4, 0.5) is 0 Å². The molecular weight excluding hydrogens is 459 g/mol. The molecular formula is C19H37IN4O3. The summed E-state index contributed by atoms with van der Waals surface area (Å²) in [5.41, 5.74) is 0. The normalized spacial score (nSPS) is 20.9. The second kappa shape index (κ2) is 15.3. The van der Waals surface area contributed by atoms with E-state index in [1.54, 1.807) is 0 Å². The van der Waals surface area contributed by atoms with Crippen molar-refractivity contribution in [3.05, 3.63) is 0 Å². The second-order valence-corrected chi connectivity index (χ2v) is 6.94. The molecule has 2 aliphatic rings. The Balaban J connectivity index is 0.00000364. The molecule has 27 heavy (non-hydrogen) atoms. The van der Waals surface area contributed by atoms with Gasteiger partial charge in [-0.2, -0.15) is 0 Å². The highest BCUT2D eigenvalue weighted by Crippen LogP contribution is 2.12. The summed E-state index contributed by atoms with van der Waals surface area (Å²) >= 11 is 0. The number of aliphatic imine (C=N–C) groups is 1. The van der Waals surface area contributed by atoms with Gasteiger partial charge in [-0.3, -0.25) is 9.79 Å². The second-order valence-electron chi connectivity index (χ2n) is 6.94. The van der Waals surface area contributed by atoms with Gasteiger partial charge in [0.15, 0.2) is 5.96 Å². The molecule has 2 saturated heterocycles. The molecule has 0 spiro atoms. The third-order valence-corrected chi connectivity index (χ3v) is 4.74. The van der Waals surface area contributed by atoms with Crippen LogP contribution < -0.4 is 10.6 Å². The Morgan fingerprint density at radius 2 is 2.19 bits per heavy atom. The Bertz CT molecular complexity index is 431. The first-order valence-electron chi connectivity index (χ1n) is 10.3. The van der Waals surface area contributed by atoms with Gasteiger partial charge in [0.1, 0.15) is 0 Å². The van der Waals surface area contributed by atoms with Crippen LogP contribution in [0.2, 0.25) is 0 Å². The minimum absolute atomic E-state index is 0. The third-order valence-electron chi connectivity index (χ3n) is 4.74. The topological polar surface area (TPSA) is 75.2 Å². The number of amides is 1. The molecule has 0 aliphatic carbocycles. The Hall–Kier alpha value is -0.610. The van der Waals surface area contributed by atoms with Crippen LogP contribution in [-0.4, -0.2) is 75.4 Å². The molecule has 7 nitrogen and oxygen atoms in total. The summed E-state index contributed by atoms with van der Waals surface area (Å²) in [5.74, 6) is 1.12. The molecule has 0 saturated carbocycles. The lowest BCUT2D eigenvalue weighted by molar-refractivity contribution is -0.130. The highest BCUT2D eigenvalue weighted by atomic mass is 127. The highest BCUT2D eigenvalue weighted by molar-refractivity contribution is 14.0. The molecule has 0 radical (unpaired) electrons. The van der Waals surface area contributed by atoms with Gasteiger partial charge >= 0.3 is 0 Å². The zero-order valence-corrected chi connectivity index (χ0v) is 19.0. The molecule has 8 heteroatoms. The van der Waals surface area contributed by atoms with Crippen molar-refractivity contribution in [2.24, 2.45) is 4.99 Å². The van der Waals surface area contributed by atoms with E-state index in [-0.39, 0.29) is 30.1 Å². The van der Waals surface area contributed by atoms with Crippen LogP contribution in [-0.2, 0) is 14.3 Å². The molecule has 1 amide bonds. The number of rotatable bonds is 10. The predicted molar refractivity (Wildman–Crippen MR) is 119 cm³/mol. The van der Waals surface area contributed by atoms with Crippen molar-refractivity contribution in [2.75, 3.05) is 52.5 Å².